The van der Waals surface area contributed by atoms with Gasteiger partial charge in [0.15, 0.2) is 0 Å². The lowest BCUT2D eigenvalue weighted by Crippen LogP contribution is -2.52. The predicted octanol–water partition coefficient (Wildman–Crippen LogP) is 7.42. The minimum absolute atomic E-state index is 0.000330. The summed E-state index contributed by atoms with van der Waals surface area (Å²) in [5.41, 5.74) is 4.06. The lowest BCUT2D eigenvalue weighted by atomic mass is 9.87. The highest BCUT2D eigenvalue weighted by Gasteiger charge is 2.32. The Balaban J connectivity index is 1.73. The third-order valence-electron chi connectivity index (χ3n) is 7.32. The summed E-state index contributed by atoms with van der Waals surface area (Å²) in [7, 11) is 0. The quantitative estimate of drug-likeness (QED) is 0.199. The van der Waals surface area contributed by atoms with E-state index in [2.05, 4.69) is 29.6 Å². The van der Waals surface area contributed by atoms with Crippen LogP contribution in [0, 0.1) is 0 Å². The van der Waals surface area contributed by atoms with Gasteiger partial charge in [-0.3, -0.25) is 9.59 Å². The molecule has 206 valence electrons. The summed E-state index contributed by atoms with van der Waals surface area (Å²) >= 11 is 6.16. The molecule has 0 aromatic heterocycles. The molecule has 4 nitrogen and oxygen atoms in total. The summed E-state index contributed by atoms with van der Waals surface area (Å²) in [6, 6.07) is 36.9. The van der Waals surface area contributed by atoms with Gasteiger partial charge >= 0.3 is 0 Å². The Morgan fingerprint density at radius 3 is 1.80 bits per heavy atom. The Morgan fingerprint density at radius 1 is 0.750 bits per heavy atom. The van der Waals surface area contributed by atoms with Crippen molar-refractivity contribution in [2.24, 2.45) is 0 Å². The molecule has 4 aromatic carbocycles. The van der Waals surface area contributed by atoms with Gasteiger partial charge < -0.3 is 10.2 Å². The maximum Gasteiger partial charge on any atom is 0.243 e. The molecule has 0 aliphatic rings. The summed E-state index contributed by atoms with van der Waals surface area (Å²) in [6.45, 7) is 4.33. The number of carbonyl (C=O) groups excluding carboxylic acids is 2. The summed E-state index contributed by atoms with van der Waals surface area (Å²) in [6.07, 6.45) is 1.46. The number of nitrogens with zero attached hydrogens (tertiary/aromatic N) is 1. The first-order valence-corrected chi connectivity index (χ1v) is 14.3. The van der Waals surface area contributed by atoms with Crippen LogP contribution in [0.1, 0.15) is 54.9 Å². The second kappa shape index (κ2) is 14.5. The predicted molar refractivity (Wildman–Crippen MR) is 163 cm³/mol. The van der Waals surface area contributed by atoms with Crippen LogP contribution in [0.2, 0.25) is 5.02 Å². The SMILES string of the molecule is CC[C@@H](C)NC(=O)[C@H](Cc1ccccc1)N(Cc1ccc(Cl)cc1)C(=O)CC(c1ccccc1)c1ccccc1. The molecule has 0 aliphatic heterocycles. The molecule has 4 aromatic rings. The second-order valence-corrected chi connectivity index (χ2v) is 10.7. The molecule has 0 radical (unpaired) electrons. The third-order valence-corrected chi connectivity index (χ3v) is 7.57. The Kier molecular flexibility index (Phi) is 10.5. The Labute approximate surface area is 243 Å². The Morgan fingerprint density at radius 2 is 1.27 bits per heavy atom. The van der Waals surface area contributed by atoms with Crippen LogP contribution in [-0.4, -0.2) is 28.8 Å². The minimum atomic E-state index is -0.674. The van der Waals surface area contributed by atoms with Gasteiger partial charge in [-0.1, -0.05) is 122 Å². The molecule has 5 heteroatoms. The van der Waals surface area contributed by atoms with Gasteiger partial charge in [0.05, 0.1) is 0 Å². The first kappa shape index (κ1) is 29.1. The van der Waals surface area contributed by atoms with E-state index >= 15 is 0 Å². The van der Waals surface area contributed by atoms with Crippen molar-refractivity contribution in [3.8, 4) is 0 Å². The number of nitrogens with one attached hydrogen (secondary N) is 1. The molecular formula is C35H37ClN2O2. The van der Waals surface area contributed by atoms with Crippen molar-refractivity contribution in [1.82, 2.24) is 10.2 Å². The van der Waals surface area contributed by atoms with Gasteiger partial charge in [0.1, 0.15) is 6.04 Å². The smallest absolute Gasteiger partial charge is 0.243 e. The standard InChI is InChI=1S/C35H37ClN2O2/c1-3-26(2)37-35(40)33(23-27-13-7-4-8-14-27)38(25-28-19-21-31(36)22-20-28)34(39)24-32(29-15-9-5-10-16-29)30-17-11-6-12-18-30/h4-22,26,32-33H,3,23-25H2,1-2H3,(H,37,40)/t26-,33+/m1/s1. The van der Waals surface area contributed by atoms with E-state index in [1.807, 2.05) is 105 Å². The second-order valence-electron chi connectivity index (χ2n) is 10.2. The molecule has 0 fully saturated rings. The van der Waals surface area contributed by atoms with Crippen molar-refractivity contribution >= 4 is 23.4 Å². The van der Waals surface area contributed by atoms with Crippen LogP contribution in [0.5, 0.6) is 0 Å². The summed E-state index contributed by atoms with van der Waals surface area (Å²) < 4.78 is 0. The molecule has 0 aliphatic carbocycles. The van der Waals surface area contributed by atoms with Crippen molar-refractivity contribution in [1.29, 1.82) is 0 Å². The highest BCUT2D eigenvalue weighted by molar-refractivity contribution is 6.30. The van der Waals surface area contributed by atoms with Gasteiger partial charge in [-0.25, -0.2) is 0 Å². The highest BCUT2D eigenvalue weighted by atomic mass is 35.5. The van der Waals surface area contributed by atoms with Gasteiger partial charge in [0, 0.05) is 36.4 Å². The maximum absolute atomic E-state index is 14.4. The monoisotopic (exact) mass is 552 g/mol. The Bertz CT molecular complexity index is 1310. The van der Waals surface area contributed by atoms with Gasteiger partial charge in [-0.05, 0) is 47.7 Å². The fourth-order valence-electron chi connectivity index (χ4n) is 4.87. The van der Waals surface area contributed by atoms with Crippen LogP contribution in [0.15, 0.2) is 115 Å². The molecule has 2 amide bonds. The zero-order valence-corrected chi connectivity index (χ0v) is 23.9. The van der Waals surface area contributed by atoms with E-state index in [4.69, 9.17) is 11.6 Å². The van der Waals surface area contributed by atoms with Crippen LogP contribution in [0.3, 0.4) is 0 Å². The number of rotatable bonds is 12. The molecule has 1 N–H and O–H groups in total. The molecule has 2 atom stereocenters. The van der Waals surface area contributed by atoms with Gasteiger partial charge in [0.2, 0.25) is 11.8 Å². The molecular weight excluding hydrogens is 516 g/mol. The normalized spacial score (nSPS) is 12.5. The first-order chi connectivity index (χ1) is 19.4. The lowest BCUT2D eigenvalue weighted by Gasteiger charge is -2.33. The summed E-state index contributed by atoms with van der Waals surface area (Å²) in [5, 5.41) is 3.77. The molecule has 4 rings (SSSR count). The zero-order chi connectivity index (χ0) is 28.3. The highest BCUT2D eigenvalue weighted by Crippen LogP contribution is 2.30. The van der Waals surface area contributed by atoms with E-state index in [0.29, 0.717) is 18.0 Å². The average molecular weight is 553 g/mol. The van der Waals surface area contributed by atoms with E-state index in [1.54, 1.807) is 4.90 Å². The van der Waals surface area contributed by atoms with Crippen LogP contribution in [0.4, 0.5) is 0 Å². The number of halogens is 1. The van der Waals surface area contributed by atoms with Crippen molar-refractivity contribution in [3.63, 3.8) is 0 Å². The van der Waals surface area contributed by atoms with E-state index in [1.165, 1.54) is 0 Å². The van der Waals surface area contributed by atoms with Crippen molar-refractivity contribution in [2.45, 2.75) is 57.7 Å². The van der Waals surface area contributed by atoms with Crippen LogP contribution >= 0.6 is 11.6 Å². The van der Waals surface area contributed by atoms with Crippen LogP contribution < -0.4 is 5.32 Å². The minimum Gasteiger partial charge on any atom is -0.352 e. The lowest BCUT2D eigenvalue weighted by molar-refractivity contribution is -0.141. The van der Waals surface area contributed by atoms with Crippen LogP contribution in [0.25, 0.3) is 0 Å². The van der Waals surface area contributed by atoms with E-state index < -0.39 is 6.04 Å². The van der Waals surface area contributed by atoms with Crippen molar-refractivity contribution in [3.05, 3.63) is 143 Å². The molecule has 0 saturated carbocycles. The van der Waals surface area contributed by atoms with Gasteiger partial charge in [-0.15, -0.1) is 0 Å². The largest absolute Gasteiger partial charge is 0.352 e. The Hall–Kier alpha value is -3.89. The van der Waals surface area contributed by atoms with Gasteiger partial charge in [-0.2, -0.15) is 0 Å². The average Bonchev–Trinajstić information content (AvgIpc) is 2.99. The van der Waals surface area contributed by atoms with E-state index in [-0.39, 0.29) is 30.2 Å². The molecule has 0 heterocycles. The molecule has 0 spiro atoms. The first-order valence-electron chi connectivity index (χ1n) is 13.9. The van der Waals surface area contributed by atoms with Crippen molar-refractivity contribution in [2.75, 3.05) is 0 Å². The van der Waals surface area contributed by atoms with Crippen LogP contribution in [-0.2, 0) is 22.6 Å². The van der Waals surface area contributed by atoms with E-state index in [9.17, 15) is 9.59 Å². The summed E-state index contributed by atoms with van der Waals surface area (Å²) in [4.78, 5) is 29.9. The third kappa shape index (κ3) is 8.06. The molecule has 0 saturated heterocycles. The number of benzene rings is 4. The van der Waals surface area contributed by atoms with Gasteiger partial charge in [0.25, 0.3) is 0 Å². The molecule has 0 unspecified atom stereocenters. The molecule has 40 heavy (non-hydrogen) atoms. The van der Waals surface area contributed by atoms with Crippen molar-refractivity contribution < 1.29 is 9.59 Å². The number of hydrogen-bond donors (Lipinski definition) is 1. The molecule has 0 bridgehead atoms. The maximum atomic E-state index is 14.4. The summed E-state index contributed by atoms with van der Waals surface area (Å²) in [5.74, 6) is -0.359. The number of hydrogen-bond acceptors (Lipinski definition) is 2. The number of amides is 2. The number of carbonyl (C=O) groups is 2. The topological polar surface area (TPSA) is 49.4 Å². The zero-order valence-electron chi connectivity index (χ0n) is 23.2. The van der Waals surface area contributed by atoms with E-state index in [0.717, 1.165) is 28.7 Å². The fourth-order valence-corrected chi connectivity index (χ4v) is 5.00. The fraction of sp³-hybridized carbons (Fsp3) is 0.257.